The molecule has 1 aliphatic carbocycles. The molecule has 0 saturated heterocycles. The van der Waals surface area contributed by atoms with Crippen LogP contribution in [0, 0.1) is 11.7 Å². The second-order valence-electron chi connectivity index (χ2n) is 15.4. The summed E-state index contributed by atoms with van der Waals surface area (Å²) in [7, 11) is -1.86. The van der Waals surface area contributed by atoms with Crippen LogP contribution in [0.15, 0.2) is 108 Å². The molecule has 1 saturated carbocycles. The maximum atomic E-state index is 16.4. The molecule has 64 heavy (non-hydrogen) atoms. The predicted octanol–water partition coefficient (Wildman–Crippen LogP) is 8.88. The second-order valence-corrected chi connectivity index (χ2v) is 17.7. The van der Waals surface area contributed by atoms with Gasteiger partial charge in [-0.25, -0.2) is 31.9 Å². The van der Waals surface area contributed by atoms with Crippen molar-refractivity contribution in [3.05, 3.63) is 137 Å². The first-order chi connectivity index (χ1) is 30.5. The fourth-order valence-electron chi connectivity index (χ4n) is 7.49. The zero-order chi connectivity index (χ0) is 46.2. The monoisotopic (exact) mass is 926 g/mol. The largest absolute Gasteiger partial charge is 0.497 e. The molecule has 2 amide bonds. The standard InChI is InChI=1S/C45H47ClF4N6O7S/c1-27(2)42(55-44(58)63-25-28-9-6-5-7-10-28)43(57)54-38-20-30(29-11-8-12-32(19-29)45(48,49)50)14-16-36(38)53-37-23-35(47)40(22-34(37)46)64(59,60)56(41-17-18-51-26-52-41)24-31-13-15-33(61-3)21-39(31)62-4/h5-13,15,17-19,21-23,26-27,30,36,38,42,53H,14,16,20,24-25H2,1-4H3,(H,54,57)(H,55,58)/t30-,36-,38-,42-/m0/s1. The van der Waals surface area contributed by atoms with Gasteiger partial charge in [0.25, 0.3) is 10.0 Å². The number of benzene rings is 4. The number of nitrogens with one attached hydrogen (secondary N) is 3. The summed E-state index contributed by atoms with van der Waals surface area (Å²) in [4.78, 5) is 34.1. The molecule has 19 heteroatoms. The highest BCUT2D eigenvalue weighted by Crippen LogP contribution is 2.40. The van der Waals surface area contributed by atoms with Crippen molar-refractivity contribution in [2.45, 2.75) is 81.4 Å². The highest BCUT2D eigenvalue weighted by molar-refractivity contribution is 7.92. The molecular weight excluding hydrogens is 880 g/mol. The number of carbonyl (C=O) groups is 2. The molecule has 0 radical (unpaired) electrons. The minimum atomic E-state index is -4.74. The first kappa shape index (κ1) is 47.3. The molecule has 5 aromatic rings. The fourth-order valence-corrected chi connectivity index (χ4v) is 9.24. The number of nitrogens with zero attached hydrogens (tertiary/aromatic N) is 3. The van der Waals surface area contributed by atoms with E-state index in [9.17, 15) is 31.2 Å². The average molecular weight is 927 g/mol. The first-order valence-electron chi connectivity index (χ1n) is 20.2. The second kappa shape index (κ2) is 20.6. The number of anilines is 2. The molecule has 340 valence electrons. The van der Waals surface area contributed by atoms with Gasteiger partial charge in [-0.3, -0.25) is 4.79 Å². The molecule has 4 atom stereocenters. The van der Waals surface area contributed by atoms with Gasteiger partial charge in [-0.05, 0) is 72.6 Å². The van der Waals surface area contributed by atoms with Gasteiger partial charge in [-0.15, -0.1) is 0 Å². The Morgan fingerprint density at radius 2 is 1.70 bits per heavy atom. The Morgan fingerprint density at radius 1 is 0.938 bits per heavy atom. The van der Waals surface area contributed by atoms with Crippen LogP contribution in [0.1, 0.15) is 61.3 Å². The lowest BCUT2D eigenvalue weighted by atomic mass is 9.78. The molecular formula is C45H47ClF4N6O7S. The number of rotatable bonds is 16. The summed E-state index contributed by atoms with van der Waals surface area (Å²) < 4.78 is 103. The summed E-state index contributed by atoms with van der Waals surface area (Å²) in [5.74, 6) is -1.93. The third kappa shape index (κ3) is 11.5. The van der Waals surface area contributed by atoms with Gasteiger partial charge in [0.2, 0.25) is 5.91 Å². The molecule has 3 N–H and O–H groups in total. The van der Waals surface area contributed by atoms with Crippen LogP contribution in [0.4, 0.5) is 33.9 Å². The Kier molecular flexibility index (Phi) is 15.2. The number of hydrogen-bond donors (Lipinski definition) is 3. The maximum absolute atomic E-state index is 16.4. The summed E-state index contributed by atoms with van der Waals surface area (Å²) >= 11 is 6.75. The normalized spacial score (nSPS) is 16.9. The van der Waals surface area contributed by atoms with Gasteiger partial charge in [-0.1, -0.05) is 74.0 Å². The van der Waals surface area contributed by atoms with Crippen LogP contribution < -0.4 is 29.7 Å². The van der Waals surface area contributed by atoms with Gasteiger partial charge in [-0.2, -0.15) is 13.2 Å². The zero-order valence-corrected chi connectivity index (χ0v) is 36.8. The van der Waals surface area contributed by atoms with E-state index in [1.807, 2.05) is 6.07 Å². The van der Waals surface area contributed by atoms with Gasteiger partial charge >= 0.3 is 12.3 Å². The summed E-state index contributed by atoms with van der Waals surface area (Å²) in [6.45, 7) is 3.07. The van der Waals surface area contributed by atoms with E-state index in [0.29, 0.717) is 29.0 Å². The quantitative estimate of drug-likeness (QED) is 0.0816. The number of alkyl halides is 3. The van der Waals surface area contributed by atoms with Crippen molar-refractivity contribution in [2.75, 3.05) is 23.8 Å². The lowest BCUT2D eigenvalue weighted by Gasteiger charge is -2.39. The highest BCUT2D eigenvalue weighted by Gasteiger charge is 2.38. The summed E-state index contributed by atoms with van der Waals surface area (Å²) in [5, 5.41) is 8.58. The molecule has 0 spiro atoms. The lowest BCUT2D eigenvalue weighted by Crippen LogP contribution is -2.56. The minimum absolute atomic E-state index is 0.00619. The van der Waals surface area contributed by atoms with E-state index >= 15 is 4.39 Å². The van der Waals surface area contributed by atoms with Crippen LogP contribution in [0.3, 0.4) is 0 Å². The Balaban J connectivity index is 1.28. The topological polar surface area (TPSA) is 161 Å². The van der Waals surface area contributed by atoms with Crippen molar-refractivity contribution in [1.29, 1.82) is 0 Å². The van der Waals surface area contributed by atoms with Gasteiger partial charge < -0.3 is 30.2 Å². The van der Waals surface area contributed by atoms with Crippen molar-refractivity contribution >= 4 is 45.1 Å². The average Bonchev–Trinajstić information content (AvgIpc) is 3.28. The van der Waals surface area contributed by atoms with Crippen LogP contribution in [0.5, 0.6) is 11.5 Å². The van der Waals surface area contributed by atoms with Crippen molar-refractivity contribution in [3.63, 3.8) is 0 Å². The fraction of sp³-hybridized carbons (Fsp3) is 0.333. The predicted molar refractivity (Wildman–Crippen MR) is 232 cm³/mol. The summed E-state index contributed by atoms with van der Waals surface area (Å²) in [5.41, 5.74) is 0.728. The number of amides is 2. The first-order valence-corrected chi connectivity index (χ1v) is 22.0. The smallest absolute Gasteiger partial charge is 0.416 e. The molecule has 0 unspecified atom stereocenters. The van der Waals surface area contributed by atoms with Gasteiger partial charge in [0.05, 0.1) is 37.0 Å². The number of sulfonamides is 1. The van der Waals surface area contributed by atoms with E-state index in [1.54, 1.807) is 62.4 Å². The third-order valence-electron chi connectivity index (χ3n) is 10.9. The van der Waals surface area contributed by atoms with E-state index in [-0.39, 0.29) is 42.5 Å². The van der Waals surface area contributed by atoms with Crippen LogP contribution in [0.2, 0.25) is 5.02 Å². The van der Waals surface area contributed by atoms with Crippen LogP contribution in [-0.4, -0.2) is 62.7 Å². The van der Waals surface area contributed by atoms with Crippen molar-refractivity contribution in [2.24, 2.45) is 5.92 Å². The van der Waals surface area contributed by atoms with E-state index in [4.69, 9.17) is 25.8 Å². The number of ether oxygens (including phenoxy) is 3. The Bertz CT molecular complexity index is 2520. The molecule has 4 aromatic carbocycles. The van der Waals surface area contributed by atoms with Crippen LogP contribution >= 0.6 is 11.6 Å². The molecule has 6 rings (SSSR count). The van der Waals surface area contributed by atoms with Crippen LogP contribution in [-0.2, 0) is 38.9 Å². The number of hydrogen-bond acceptors (Lipinski definition) is 10. The van der Waals surface area contributed by atoms with Gasteiger partial charge in [0, 0.05) is 36.0 Å². The number of alkyl carbamates (subject to hydrolysis) is 1. The number of carbonyl (C=O) groups excluding carboxylic acids is 2. The number of methoxy groups -OCH3 is 2. The summed E-state index contributed by atoms with van der Waals surface area (Å²) in [6, 6.07) is 19.4. The third-order valence-corrected chi connectivity index (χ3v) is 12.9. The molecule has 13 nitrogen and oxygen atoms in total. The van der Waals surface area contributed by atoms with Crippen LogP contribution in [0.25, 0.3) is 0 Å². The Hall–Kier alpha value is -6.14. The SMILES string of the molecule is COc1ccc(CN(c2ccncn2)S(=O)(=O)c2cc(Cl)c(N[C@H]3CC[C@H](c4cccc(C(F)(F)F)c4)C[C@@H]3NC(=O)[C@@H](NC(=O)OCc3ccccc3)C(C)C)cc2F)c(OC)c1. The molecule has 1 aliphatic rings. The zero-order valence-electron chi connectivity index (χ0n) is 35.2. The number of aromatic nitrogens is 2. The number of halogens is 5. The van der Waals surface area contributed by atoms with Crippen molar-refractivity contribution in [3.8, 4) is 11.5 Å². The van der Waals surface area contributed by atoms with Crippen molar-refractivity contribution < 1.29 is 49.8 Å². The van der Waals surface area contributed by atoms with Crippen molar-refractivity contribution in [1.82, 2.24) is 20.6 Å². The van der Waals surface area contributed by atoms with Gasteiger partial charge in [0.1, 0.15) is 47.0 Å². The molecule has 1 aromatic heterocycles. The van der Waals surface area contributed by atoms with E-state index in [0.717, 1.165) is 40.5 Å². The molecule has 1 heterocycles. The minimum Gasteiger partial charge on any atom is -0.497 e. The summed E-state index contributed by atoms with van der Waals surface area (Å²) in [6.07, 6.45) is -2.18. The lowest BCUT2D eigenvalue weighted by molar-refractivity contribution is -0.137. The maximum Gasteiger partial charge on any atom is 0.416 e. The molecule has 0 aliphatic heterocycles. The van der Waals surface area contributed by atoms with E-state index in [1.165, 1.54) is 32.5 Å². The Morgan fingerprint density at radius 3 is 2.38 bits per heavy atom. The van der Waals surface area contributed by atoms with Gasteiger partial charge in [0.15, 0.2) is 0 Å². The van der Waals surface area contributed by atoms with E-state index < -0.39 is 74.4 Å². The molecule has 0 bridgehead atoms. The highest BCUT2D eigenvalue weighted by atomic mass is 35.5. The Labute approximate surface area is 373 Å². The molecule has 1 fully saturated rings. The van der Waals surface area contributed by atoms with E-state index in [2.05, 4.69) is 25.9 Å².